The number of esters is 1. The van der Waals surface area contributed by atoms with Gasteiger partial charge in [-0.1, -0.05) is 0 Å². The van der Waals surface area contributed by atoms with E-state index in [1.807, 2.05) is 20.8 Å². The van der Waals surface area contributed by atoms with Crippen molar-refractivity contribution in [1.82, 2.24) is 4.98 Å². The molecule has 0 amide bonds. The molecule has 1 heterocycles. The number of aromatic nitrogens is 1. The van der Waals surface area contributed by atoms with Gasteiger partial charge in [-0.2, -0.15) is 0 Å². The molecule has 0 aliphatic heterocycles. The Kier molecular flexibility index (Phi) is 3.37. The Bertz CT molecular complexity index is 397. The van der Waals surface area contributed by atoms with Crippen LogP contribution in [0.1, 0.15) is 31.1 Å². The quantitative estimate of drug-likeness (QED) is 0.745. The summed E-state index contributed by atoms with van der Waals surface area (Å²) in [6, 6.07) is 1.59. The molecule has 0 radical (unpaired) electrons. The first-order chi connectivity index (χ1) is 7.33. The number of carbonyl (C=O) groups excluding carboxylic acids is 1. The van der Waals surface area contributed by atoms with Gasteiger partial charge >= 0.3 is 5.97 Å². The number of ether oxygens (including phenoxy) is 1. The van der Waals surface area contributed by atoms with E-state index in [2.05, 4.69) is 15.0 Å². The number of hydrogen-bond donors (Lipinski definition) is 2. The van der Waals surface area contributed by atoms with Gasteiger partial charge in [0.15, 0.2) is 0 Å². The number of nitrogen functional groups attached to an aromatic ring is 1. The maximum absolute atomic E-state index is 11.4. The topological polar surface area (TPSA) is 77.2 Å². The number of hydrogen-bond acceptors (Lipinski definition) is 5. The minimum atomic E-state index is -0.461. The van der Waals surface area contributed by atoms with Gasteiger partial charge in [-0.05, 0) is 26.8 Å². The van der Waals surface area contributed by atoms with Crippen molar-refractivity contribution in [2.24, 2.45) is 0 Å². The minimum Gasteiger partial charge on any atom is -0.465 e. The molecular weight excluding hydrogens is 206 g/mol. The summed E-state index contributed by atoms with van der Waals surface area (Å²) >= 11 is 0. The smallest absolute Gasteiger partial charge is 0.340 e. The summed E-state index contributed by atoms with van der Waals surface area (Å²) in [6.07, 6.45) is 1.44. The summed E-state index contributed by atoms with van der Waals surface area (Å²) in [5.41, 5.74) is 6.14. The van der Waals surface area contributed by atoms with Crippen LogP contribution in [0.5, 0.6) is 0 Å². The van der Waals surface area contributed by atoms with Crippen LogP contribution in [0.3, 0.4) is 0 Å². The molecule has 0 atom stereocenters. The summed E-state index contributed by atoms with van der Waals surface area (Å²) in [7, 11) is 1.32. The van der Waals surface area contributed by atoms with E-state index in [0.29, 0.717) is 17.1 Å². The zero-order valence-corrected chi connectivity index (χ0v) is 10.00. The maximum atomic E-state index is 11.4. The zero-order valence-electron chi connectivity index (χ0n) is 10.00. The van der Waals surface area contributed by atoms with E-state index < -0.39 is 5.97 Å². The molecule has 0 saturated heterocycles. The van der Waals surface area contributed by atoms with E-state index in [1.54, 1.807) is 6.07 Å². The monoisotopic (exact) mass is 223 g/mol. The van der Waals surface area contributed by atoms with Gasteiger partial charge in [0.25, 0.3) is 0 Å². The molecule has 0 saturated carbocycles. The van der Waals surface area contributed by atoms with Gasteiger partial charge in [0, 0.05) is 5.54 Å². The van der Waals surface area contributed by atoms with E-state index >= 15 is 0 Å². The molecule has 16 heavy (non-hydrogen) atoms. The summed E-state index contributed by atoms with van der Waals surface area (Å²) in [5, 5.41) is 3.15. The van der Waals surface area contributed by atoms with Crippen LogP contribution in [0.25, 0.3) is 0 Å². The molecule has 1 aromatic rings. The fraction of sp³-hybridized carbons (Fsp3) is 0.455. The second-order valence-corrected chi connectivity index (χ2v) is 4.52. The van der Waals surface area contributed by atoms with Crippen LogP contribution in [-0.2, 0) is 4.74 Å². The lowest BCUT2D eigenvalue weighted by Crippen LogP contribution is -2.27. The molecule has 1 aromatic heterocycles. The van der Waals surface area contributed by atoms with Crippen molar-refractivity contribution in [1.29, 1.82) is 0 Å². The van der Waals surface area contributed by atoms with Crippen LogP contribution < -0.4 is 11.1 Å². The standard InChI is InChI=1S/C11H17N3O2/c1-11(2,3)14-9-5-7(10(15)16-4)8(12)6-13-9/h5-6H,12H2,1-4H3,(H,13,14). The largest absolute Gasteiger partial charge is 0.465 e. The van der Waals surface area contributed by atoms with Crippen LogP contribution in [0.4, 0.5) is 11.5 Å². The molecule has 0 unspecified atom stereocenters. The summed E-state index contributed by atoms with van der Waals surface area (Å²) in [5.74, 6) is 0.138. The average Bonchev–Trinajstić information content (AvgIpc) is 2.18. The molecule has 0 bridgehead atoms. The van der Waals surface area contributed by atoms with Crippen molar-refractivity contribution in [2.45, 2.75) is 26.3 Å². The summed E-state index contributed by atoms with van der Waals surface area (Å²) < 4.78 is 4.63. The van der Waals surface area contributed by atoms with E-state index in [0.717, 1.165) is 0 Å². The van der Waals surface area contributed by atoms with Crippen LogP contribution in [-0.4, -0.2) is 23.6 Å². The predicted molar refractivity (Wildman–Crippen MR) is 63.4 cm³/mol. The van der Waals surface area contributed by atoms with Crippen LogP contribution >= 0.6 is 0 Å². The molecule has 0 spiro atoms. The first kappa shape index (κ1) is 12.3. The molecular formula is C11H17N3O2. The third-order valence-electron chi connectivity index (χ3n) is 1.84. The number of pyridine rings is 1. The van der Waals surface area contributed by atoms with Gasteiger partial charge in [-0.15, -0.1) is 0 Å². The second kappa shape index (κ2) is 4.38. The van der Waals surface area contributed by atoms with E-state index in [-0.39, 0.29) is 5.54 Å². The molecule has 0 aliphatic rings. The highest BCUT2D eigenvalue weighted by atomic mass is 16.5. The van der Waals surface area contributed by atoms with Gasteiger partial charge in [-0.25, -0.2) is 9.78 Å². The second-order valence-electron chi connectivity index (χ2n) is 4.52. The van der Waals surface area contributed by atoms with E-state index in [9.17, 15) is 4.79 Å². The number of nitrogens with two attached hydrogens (primary N) is 1. The minimum absolute atomic E-state index is 0.128. The first-order valence-corrected chi connectivity index (χ1v) is 4.95. The highest BCUT2D eigenvalue weighted by molar-refractivity contribution is 5.95. The summed E-state index contributed by atoms with van der Waals surface area (Å²) in [4.78, 5) is 15.5. The Morgan fingerprint density at radius 3 is 2.62 bits per heavy atom. The molecule has 5 nitrogen and oxygen atoms in total. The fourth-order valence-corrected chi connectivity index (χ4v) is 1.21. The molecule has 0 aromatic carbocycles. The Morgan fingerprint density at radius 1 is 1.50 bits per heavy atom. The number of nitrogens with zero attached hydrogens (tertiary/aromatic N) is 1. The Labute approximate surface area is 95.0 Å². The SMILES string of the molecule is COC(=O)c1cc(NC(C)(C)C)ncc1N. The van der Waals surface area contributed by atoms with Gasteiger partial charge in [0.05, 0.1) is 24.6 Å². The Morgan fingerprint density at radius 2 is 2.12 bits per heavy atom. The predicted octanol–water partition coefficient (Wildman–Crippen LogP) is 1.66. The Hall–Kier alpha value is -1.78. The van der Waals surface area contributed by atoms with Crippen LogP contribution in [0.2, 0.25) is 0 Å². The zero-order chi connectivity index (χ0) is 12.3. The lowest BCUT2D eigenvalue weighted by atomic mass is 10.1. The number of methoxy groups -OCH3 is 1. The van der Waals surface area contributed by atoms with Gasteiger partial charge in [0.1, 0.15) is 5.82 Å². The van der Waals surface area contributed by atoms with Crippen molar-refractivity contribution < 1.29 is 9.53 Å². The lowest BCUT2D eigenvalue weighted by Gasteiger charge is -2.21. The number of carbonyl (C=O) groups is 1. The molecule has 88 valence electrons. The normalized spacial score (nSPS) is 11.0. The molecule has 3 N–H and O–H groups in total. The average molecular weight is 223 g/mol. The lowest BCUT2D eigenvalue weighted by molar-refractivity contribution is 0.0602. The van der Waals surface area contributed by atoms with Crippen molar-refractivity contribution in [2.75, 3.05) is 18.2 Å². The van der Waals surface area contributed by atoms with Gasteiger partial charge in [-0.3, -0.25) is 0 Å². The number of nitrogens with one attached hydrogen (secondary N) is 1. The third kappa shape index (κ3) is 3.12. The molecule has 0 fully saturated rings. The van der Waals surface area contributed by atoms with Gasteiger partial charge in [0.2, 0.25) is 0 Å². The maximum Gasteiger partial charge on any atom is 0.340 e. The van der Waals surface area contributed by atoms with Crippen molar-refractivity contribution in [3.63, 3.8) is 0 Å². The molecule has 0 aliphatic carbocycles. The van der Waals surface area contributed by atoms with Crippen LogP contribution in [0.15, 0.2) is 12.3 Å². The van der Waals surface area contributed by atoms with Crippen molar-refractivity contribution in [3.8, 4) is 0 Å². The highest BCUT2D eigenvalue weighted by Crippen LogP contribution is 2.18. The highest BCUT2D eigenvalue weighted by Gasteiger charge is 2.15. The van der Waals surface area contributed by atoms with Gasteiger partial charge < -0.3 is 15.8 Å². The molecule has 1 rings (SSSR count). The number of rotatable bonds is 2. The van der Waals surface area contributed by atoms with E-state index in [1.165, 1.54) is 13.3 Å². The fourth-order valence-electron chi connectivity index (χ4n) is 1.21. The Balaban J connectivity index is 3.03. The third-order valence-corrected chi connectivity index (χ3v) is 1.84. The van der Waals surface area contributed by atoms with Crippen LogP contribution in [0, 0.1) is 0 Å². The molecule has 5 heteroatoms. The number of anilines is 2. The first-order valence-electron chi connectivity index (χ1n) is 4.95. The van der Waals surface area contributed by atoms with Crippen molar-refractivity contribution in [3.05, 3.63) is 17.8 Å². The van der Waals surface area contributed by atoms with E-state index in [4.69, 9.17) is 5.73 Å². The van der Waals surface area contributed by atoms with Crippen molar-refractivity contribution >= 4 is 17.5 Å². The summed E-state index contributed by atoms with van der Waals surface area (Å²) in [6.45, 7) is 6.01.